The minimum Gasteiger partial charge on any atom is -0.338 e. The predicted octanol–water partition coefficient (Wildman–Crippen LogP) is 2.80. The summed E-state index contributed by atoms with van der Waals surface area (Å²) in [4.78, 5) is 16.5. The molecule has 2 amide bonds. The number of nitrogens with one attached hydrogen (secondary N) is 1. The van der Waals surface area contributed by atoms with Crippen LogP contribution >= 0.6 is 0 Å². The molecule has 1 aromatic heterocycles. The largest absolute Gasteiger partial charge is 0.338 e. The predicted molar refractivity (Wildman–Crippen MR) is 108 cm³/mol. The number of halogens is 1. The van der Waals surface area contributed by atoms with Crippen molar-refractivity contribution in [1.82, 2.24) is 24.9 Å². The van der Waals surface area contributed by atoms with Gasteiger partial charge in [0.1, 0.15) is 5.82 Å². The van der Waals surface area contributed by atoms with Crippen LogP contribution in [0.4, 0.5) is 9.18 Å². The van der Waals surface area contributed by atoms with Gasteiger partial charge in [-0.3, -0.25) is 9.58 Å². The van der Waals surface area contributed by atoms with Gasteiger partial charge in [0.25, 0.3) is 0 Å². The van der Waals surface area contributed by atoms with Crippen molar-refractivity contribution in [2.75, 3.05) is 32.7 Å². The molecule has 2 heterocycles. The highest BCUT2D eigenvalue weighted by Gasteiger charge is 2.22. The maximum absolute atomic E-state index is 13.8. The van der Waals surface area contributed by atoms with Crippen LogP contribution in [-0.4, -0.2) is 58.3 Å². The van der Waals surface area contributed by atoms with Crippen LogP contribution in [-0.2, 0) is 13.1 Å². The van der Waals surface area contributed by atoms with Crippen molar-refractivity contribution in [2.24, 2.45) is 5.92 Å². The first-order chi connectivity index (χ1) is 13.4. The van der Waals surface area contributed by atoms with Crippen molar-refractivity contribution in [3.63, 3.8) is 0 Å². The summed E-state index contributed by atoms with van der Waals surface area (Å²) in [6.07, 6.45) is 0. The normalized spacial score (nSPS) is 16.2. The molecule has 0 spiro atoms. The number of hydrogen-bond donors (Lipinski definition) is 1. The number of rotatable bonds is 6. The van der Waals surface area contributed by atoms with E-state index in [9.17, 15) is 9.18 Å². The van der Waals surface area contributed by atoms with Crippen LogP contribution in [0.2, 0.25) is 0 Å². The van der Waals surface area contributed by atoms with Gasteiger partial charge in [0.05, 0.1) is 5.69 Å². The van der Waals surface area contributed by atoms with Gasteiger partial charge in [0.15, 0.2) is 0 Å². The quantitative estimate of drug-likeness (QED) is 0.829. The fourth-order valence-electron chi connectivity index (χ4n) is 3.57. The average molecular weight is 388 g/mol. The van der Waals surface area contributed by atoms with Crippen LogP contribution in [0, 0.1) is 25.6 Å². The van der Waals surface area contributed by atoms with Gasteiger partial charge < -0.3 is 10.2 Å². The van der Waals surface area contributed by atoms with Gasteiger partial charge in [0, 0.05) is 57.1 Å². The molecular formula is C21H30FN5O. The van der Waals surface area contributed by atoms with Crippen molar-refractivity contribution >= 4 is 6.03 Å². The Hall–Kier alpha value is -2.41. The van der Waals surface area contributed by atoms with E-state index in [1.807, 2.05) is 35.6 Å². The molecule has 7 heteroatoms. The van der Waals surface area contributed by atoms with Crippen molar-refractivity contribution in [3.8, 4) is 0 Å². The number of aromatic nitrogens is 2. The van der Waals surface area contributed by atoms with E-state index in [4.69, 9.17) is 0 Å². The molecule has 0 saturated carbocycles. The molecule has 2 aromatic rings. The summed E-state index contributed by atoms with van der Waals surface area (Å²) in [7, 11) is 0. The lowest BCUT2D eigenvalue weighted by Crippen LogP contribution is -2.52. The zero-order chi connectivity index (χ0) is 20.1. The van der Waals surface area contributed by atoms with E-state index in [0.29, 0.717) is 37.7 Å². The molecule has 0 aliphatic carbocycles. The van der Waals surface area contributed by atoms with Crippen molar-refractivity contribution in [2.45, 2.75) is 33.9 Å². The summed E-state index contributed by atoms with van der Waals surface area (Å²) in [5.41, 5.74) is 2.86. The van der Waals surface area contributed by atoms with E-state index in [-0.39, 0.29) is 11.8 Å². The lowest BCUT2D eigenvalue weighted by atomic mass is 10.2. The first kappa shape index (κ1) is 20.3. The van der Waals surface area contributed by atoms with E-state index in [2.05, 4.69) is 28.3 Å². The first-order valence-corrected chi connectivity index (χ1v) is 9.92. The van der Waals surface area contributed by atoms with Crippen molar-refractivity contribution in [1.29, 1.82) is 0 Å². The SMILES string of the molecule is Cc1cc(C)n(C[C@H](C)CNC(=O)N2CCN(Cc3ccccc3F)CC2)n1. The highest BCUT2D eigenvalue weighted by atomic mass is 19.1. The minimum absolute atomic E-state index is 0.0224. The molecule has 1 aliphatic heterocycles. The van der Waals surface area contributed by atoms with Crippen LogP contribution in [0.3, 0.4) is 0 Å². The second-order valence-electron chi connectivity index (χ2n) is 7.76. The Morgan fingerprint density at radius 3 is 2.57 bits per heavy atom. The van der Waals surface area contributed by atoms with Crippen LogP contribution in [0.25, 0.3) is 0 Å². The number of benzene rings is 1. The van der Waals surface area contributed by atoms with E-state index in [0.717, 1.165) is 31.0 Å². The summed E-state index contributed by atoms with van der Waals surface area (Å²) in [5.74, 6) is 0.128. The summed E-state index contributed by atoms with van der Waals surface area (Å²) < 4.78 is 15.8. The maximum Gasteiger partial charge on any atom is 0.317 e. The molecule has 1 saturated heterocycles. The molecule has 1 aromatic carbocycles. The number of carbonyl (C=O) groups excluding carboxylic acids is 1. The molecule has 1 aliphatic rings. The number of carbonyl (C=O) groups is 1. The molecule has 0 bridgehead atoms. The summed E-state index contributed by atoms with van der Waals surface area (Å²) in [5, 5.41) is 7.52. The van der Waals surface area contributed by atoms with Crippen LogP contribution in [0.1, 0.15) is 23.9 Å². The number of amides is 2. The number of urea groups is 1. The Balaban J connectivity index is 1.40. The third-order valence-corrected chi connectivity index (χ3v) is 5.20. The molecule has 152 valence electrons. The highest BCUT2D eigenvalue weighted by Crippen LogP contribution is 2.12. The van der Waals surface area contributed by atoms with Crippen LogP contribution in [0.15, 0.2) is 30.3 Å². The van der Waals surface area contributed by atoms with E-state index in [1.54, 1.807) is 6.07 Å². The van der Waals surface area contributed by atoms with Crippen molar-refractivity contribution in [3.05, 3.63) is 53.1 Å². The monoisotopic (exact) mass is 387 g/mol. The second kappa shape index (κ2) is 9.19. The molecule has 1 fully saturated rings. The molecule has 28 heavy (non-hydrogen) atoms. The lowest BCUT2D eigenvalue weighted by Gasteiger charge is -2.35. The van der Waals surface area contributed by atoms with E-state index < -0.39 is 0 Å². The third-order valence-electron chi connectivity index (χ3n) is 5.20. The molecule has 6 nitrogen and oxygen atoms in total. The van der Waals surface area contributed by atoms with Crippen LogP contribution < -0.4 is 5.32 Å². The summed E-state index contributed by atoms with van der Waals surface area (Å²) in [6, 6.07) is 8.91. The van der Waals surface area contributed by atoms with Gasteiger partial charge in [-0.25, -0.2) is 9.18 Å². The van der Waals surface area contributed by atoms with Crippen LogP contribution in [0.5, 0.6) is 0 Å². The smallest absolute Gasteiger partial charge is 0.317 e. The topological polar surface area (TPSA) is 53.4 Å². The molecule has 0 radical (unpaired) electrons. The second-order valence-corrected chi connectivity index (χ2v) is 7.76. The Morgan fingerprint density at radius 2 is 1.93 bits per heavy atom. The van der Waals surface area contributed by atoms with Gasteiger partial charge in [-0.05, 0) is 31.9 Å². The molecule has 3 rings (SSSR count). The summed E-state index contributed by atoms with van der Waals surface area (Å²) >= 11 is 0. The Labute approximate surface area is 166 Å². The first-order valence-electron chi connectivity index (χ1n) is 9.92. The molecule has 0 unspecified atom stereocenters. The standard InChI is InChI=1S/C21H30FN5O/c1-16(14-27-18(3)12-17(2)24-27)13-23-21(28)26-10-8-25(9-11-26)15-19-6-4-5-7-20(19)22/h4-7,12,16H,8-11,13-15H2,1-3H3,(H,23,28)/t16-/m1/s1. The molecule has 1 N–H and O–H groups in total. The zero-order valence-electron chi connectivity index (χ0n) is 17.0. The van der Waals surface area contributed by atoms with Gasteiger partial charge in [-0.1, -0.05) is 25.1 Å². The minimum atomic E-state index is -0.167. The number of piperazine rings is 1. The van der Waals surface area contributed by atoms with Gasteiger partial charge >= 0.3 is 6.03 Å². The van der Waals surface area contributed by atoms with Gasteiger partial charge in [-0.15, -0.1) is 0 Å². The van der Waals surface area contributed by atoms with E-state index in [1.165, 1.54) is 6.07 Å². The Kier molecular flexibility index (Phi) is 6.67. The number of nitrogens with zero attached hydrogens (tertiary/aromatic N) is 4. The fourth-order valence-corrected chi connectivity index (χ4v) is 3.57. The van der Waals surface area contributed by atoms with E-state index >= 15 is 0 Å². The highest BCUT2D eigenvalue weighted by molar-refractivity contribution is 5.74. The van der Waals surface area contributed by atoms with Crippen molar-refractivity contribution < 1.29 is 9.18 Å². The van der Waals surface area contributed by atoms with Gasteiger partial charge in [0.2, 0.25) is 0 Å². The maximum atomic E-state index is 13.8. The average Bonchev–Trinajstić information content (AvgIpc) is 2.99. The molecule has 1 atom stereocenters. The lowest BCUT2D eigenvalue weighted by molar-refractivity contribution is 0.133. The Morgan fingerprint density at radius 1 is 1.21 bits per heavy atom. The number of hydrogen-bond acceptors (Lipinski definition) is 3. The zero-order valence-corrected chi connectivity index (χ0v) is 17.0. The summed E-state index contributed by atoms with van der Waals surface area (Å²) in [6.45, 7) is 11.0. The number of aryl methyl sites for hydroxylation is 2. The third kappa shape index (κ3) is 5.32. The molecular weight excluding hydrogens is 357 g/mol. The Bertz CT molecular complexity index is 798. The van der Waals surface area contributed by atoms with Gasteiger partial charge in [-0.2, -0.15) is 5.10 Å². The fraction of sp³-hybridized carbons (Fsp3) is 0.524.